The van der Waals surface area contributed by atoms with Crippen molar-refractivity contribution in [1.29, 1.82) is 0 Å². The third-order valence-electron chi connectivity index (χ3n) is 1.19. The second kappa shape index (κ2) is 2.66. The molecule has 2 N–H and O–H groups in total. The zero-order chi connectivity index (χ0) is 7.56. The molecule has 1 atom stereocenters. The van der Waals surface area contributed by atoms with Gasteiger partial charge in [-0.3, -0.25) is 10.1 Å². The molecule has 0 saturated carbocycles. The van der Waals surface area contributed by atoms with Crippen molar-refractivity contribution in [3.05, 3.63) is 0 Å². The van der Waals surface area contributed by atoms with Crippen molar-refractivity contribution in [3.8, 4) is 0 Å². The van der Waals surface area contributed by atoms with Crippen molar-refractivity contribution in [2.75, 3.05) is 13.7 Å². The van der Waals surface area contributed by atoms with Crippen LogP contribution in [0.1, 0.15) is 0 Å². The summed E-state index contributed by atoms with van der Waals surface area (Å²) in [4.78, 5) is 21.1. The minimum Gasteiger partial charge on any atom is -0.382 e. The normalized spacial score (nSPS) is 24.3. The van der Waals surface area contributed by atoms with Crippen LogP contribution in [0.5, 0.6) is 0 Å². The Balaban J connectivity index is 2.46. The topological polar surface area (TPSA) is 67.4 Å². The summed E-state index contributed by atoms with van der Waals surface area (Å²) in [7, 11) is 1.47. The first-order chi connectivity index (χ1) is 4.74. The molecule has 0 bridgehead atoms. The van der Waals surface area contributed by atoms with Crippen molar-refractivity contribution in [1.82, 2.24) is 10.6 Å². The first-order valence-corrected chi connectivity index (χ1v) is 2.84. The van der Waals surface area contributed by atoms with E-state index in [0.717, 1.165) is 0 Å². The molecule has 3 amide bonds. The Labute approximate surface area is 57.7 Å². The van der Waals surface area contributed by atoms with Gasteiger partial charge in [-0.15, -0.1) is 0 Å². The highest BCUT2D eigenvalue weighted by Crippen LogP contribution is 1.91. The molecule has 0 radical (unpaired) electrons. The maximum Gasteiger partial charge on any atom is 0.322 e. The molecule has 56 valence electrons. The first kappa shape index (κ1) is 7.01. The predicted octanol–water partition coefficient (Wildman–Crippen LogP) is -1.16. The van der Waals surface area contributed by atoms with E-state index in [0.29, 0.717) is 0 Å². The molecule has 1 heterocycles. The summed E-state index contributed by atoms with van der Waals surface area (Å²) < 4.78 is 4.67. The van der Waals surface area contributed by atoms with Crippen LogP contribution in [0.3, 0.4) is 0 Å². The standard InChI is InChI=1S/C5H8N2O3/c1-10-2-3-4(8)7-5(9)6-3/h3H,2H2,1H3,(H2,6,7,8,9). The number of rotatable bonds is 2. The minimum atomic E-state index is -0.516. The van der Waals surface area contributed by atoms with E-state index in [2.05, 4.69) is 15.4 Å². The summed E-state index contributed by atoms with van der Waals surface area (Å²) in [5, 5.41) is 4.46. The Morgan fingerprint density at radius 2 is 2.30 bits per heavy atom. The van der Waals surface area contributed by atoms with E-state index in [1.807, 2.05) is 0 Å². The molecule has 1 aliphatic heterocycles. The second-order valence-corrected chi connectivity index (χ2v) is 1.97. The van der Waals surface area contributed by atoms with Gasteiger partial charge in [-0.2, -0.15) is 0 Å². The van der Waals surface area contributed by atoms with Crippen LogP contribution >= 0.6 is 0 Å². The van der Waals surface area contributed by atoms with Gasteiger partial charge in [-0.05, 0) is 0 Å². The van der Waals surface area contributed by atoms with Crippen LogP contribution in [-0.2, 0) is 9.53 Å². The van der Waals surface area contributed by atoms with Gasteiger partial charge in [-0.25, -0.2) is 4.79 Å². The first-order valence-electron chi connectivity index (χ1n) is 2.84. The van der Waals surface area contributed by atoms with Crippen LogP contribution in [-0.4, -0.2) is 31.7 Å². The van der Waals surface area contributed by atoms with E-state index < -0.39 is 12.1 Å². The lowest BCUT2D eigenvalue weighted by atomic mass is 10.3. The second-order valence-electron chi connectivity index (χ2n) is 1.97. The lowest BCUT2D eigenvalue weighted by Crippen LogP contribution is -2.33. The van der Waals surface area contributed by atoms with Gasteiger partial charge >= 0.3 is 6.03 Å². The fourth-order valence-electron chi connectivity index (χ4n) is 0.743. The van der Waals surface area contributed by atoms with Crippen LogP contribution < -0.4 is 10.6 Å². The number of nitrogens with one attached hydrogen (secondary N) is 2. The molecule has 0 aromatic rings. The Morgan fingerprint density at radius 1 is 1.60 bits per heavy atom. The van der Waals surface area contributed by atoms with E-state index >= 15 is 0 Å². The van der Waals surface area contributed by atoms with Crippen molar-refractivity contribution < 1.29 is 14.3 Å². The molecule has 10 heavy (non-hydrogen) atoms. The van der Waals surface area contributed by atoms with Crippen LogP contribution in [0.4, 0.5) is 4.79 Å². The van der Waals surface area contributed by atoms with Gasteiger partial charge in [0, 0.05) is 7.11 Å². The van der Waals surface area contributed by atoms with E-state index in [4.69, 9.17) is 0 Å². The van der Waals surface area contributed by atoms with E-state index in [1.165, 1.54) is 7.11 Å². The molecule has 0 aliphatic carbocycles. The molecule has 5 nitrogen and oxygen atoms in total. The lowest BCUT2D eigenvalue weighted by Gasteiger charge is -2.02. The molecule has 5 heteroatoms. The van der Waals surface area contributed by atoms with Crippen molar-refractivity contribution in [2.24, 2.45) is 0 Å². The molecule has 1 aliphatic rings. The van der Waals surface area contributed by atoms with Crippen LogP contribution in [0.25, 0.3) is 0 Å². The molecule has 0 aromatic carbocycles. The maximum absolute atomic E-state index is 10.7. The lowest BCUT2D eigenvalue weighted by molar-refractivity contribution is -0.121. The Hall–Kier alpha value is -1.10. The number of hydrogen-bond acceptors (Lipinski definition) is 3. The zero-order valence-electron chi connectivity index (χ0n) is 5.51. The van der Waals surface area contributed by atoms with Gasteiger partial charge in [-0.1, -0.05) is 0 Å². The number of methoxy groups -OCH3 is 1. The molecule has 0 aromatic heterocycles. The molecule has 1 unspecified atom stereocenters. The average Bonchev–Trinajstić information content (AvgIpc) is 2.13. The summed E-state index contributed by atoms with van der Waals surface area (Å²) >= 11 is 0. The molecule has 1 fully saturated rings. The molecule has 1 saturated heterocycles. The smallest absolute Gasteiger partial charge is 0.322 e. The Bertz CT molecular complexity index is 168. The fraction of sp³-hybridized carbons (Fsp3) is 0.600. The van der Waals surface area contributed by atoms with E-state index in [-0.39, 0.29) is 12.5 Å². The van der Waals surface area contributed by atoms with Crippen molar-refractivity contribution >= 4 is 11.9 Å². The van der Waals surface area contributed by atoms with Gasteiger partial charge in [0.1, 0.15) is 6.04 Å². The van der Waals surface area contributed by atoms with Crippen molar-refractivity contribution in [2.45, 2.75) is 6.04 Å². The highest BCUT2D eigenvalue weighted by molar-refractivity contribution is 6.04. The van der Waals surface area contributed by atoms with E-state index in [9.17, 15) is 9.59 Å². The van der Waals surface area contributed by atoms with Gasteiger partial charge in [0.15, 0.2) is 0 Å². The summed E-state index contributed by atoms with van der Waals surface area (Å²) in [5.41, 5.74) is 0. The third kappa shape index (κ3) is 1.24. The van der Waals surface area contributed by atoms with Crippen LogP contribution in [0.15, 0.2) is 0 Å². The highest BCUT2D eigenvalue weighted by atomic mass is 16.5. The van der Waals surface area contributed by atoms with Gasteiger partial charge in [0.25, 0.3) is 5.91 Å². The number of imide groups is 1. The number of carbonyl (C=O) groups excluding carboxylic acids is 2. The maximum atomic E-state index is 10.7. The van der Waals surface area contributed by atoms with Gasteiger partial charge in [0.05, 0.1) is 6.61 Å². The fourth-order valence-corrected chi connectivity index (χ4v) is 0.743. The predicted molar refractivity (Wildman–Crippen MR) is 32.3 cm³/mol. The SMILES string of the molecule is COCC1NC(=O)NC1=O. The average molecular weight is 144 g/mol. The number of carbonyl (C=O) groups is 2. The van der Waals surface area contributed by atoms with Crippen LogP contribution in [0, 0.1) is 0 Å². The third-order valence-corrected chi connectivity index (χ3v) is 1.19. The molecular formula is C5H8N2O3. The zero-order valence-corrected chi connectivity index (χ0v) is 5.51. The largest absolute Gasteiger partial charge is 0.382 e. The summed E-state index contributed by atoms with van der Waals surface area (Å²) in [5.74, 6) is -0.327. The Kier molecular flexibility index (Phi) is 1.86. The Morgan fingerprint density at radius 3 is 2.70 bits per heavy atom. The number of urea groups is 1. The number of amides is 3. The van der Waals surface area contributed by atoms with Gasteiger partial charge < -0.3 is 10.1 Å². The summed E-state index contributed by atoms with van der Waals surface area (Å²) in [6.45, 7) is 0.220. The number of hydrogen-bond donors (Lipinski definition) is 2. The molecular weight excluding hydrogens is 136 g/mol. The van der Waals surface area contributed by atoms with Crippen molar-refractivity contribution in [3.63, 3.8) is 0 Å². The quantitative estimate of drug-likeness (QED) is 0.480. The minimum absolute atomic E-state index is 0.220. The molecule has 1 rings (SSSR count). The van der Waals surface area contributed by atoms with Crippen LogP contribution in [0.2, 0.25) is 0 Å². The summed E-state index contributed by atoms with van der Waals surface area (Å²) in [6, 6.07) is -0.968. The summed E-state index contributed by atoms with van der Waals surface area (Å²) in [6.07, 6.45) is 0. The monoisotopic (exact) mass is 144 g/mol. The van der Waals surface area contributed by atoms with Gasteiger partial charge in [0.2, 0.25) is 0 Å². The molecule has 0 spiro atoms. The number of ether oxygens (including phenoxy) is 1. The van der Waals surface area contributed by atoms with E-state index in [1.54, 1.807) is 0 Å². The highest BCUT2D eigenvalue weighted by Gasteiger charge is 2.28.